The van der Waals surface area contributed by atoms with Crippen LogP contribution in [0.5, 0.6) is 0 Å². The van der Waals surface area contributed by atoms with Gasteiger partial charge >= 0.3 is 12.0 Å². The highest BCUT2D eigenvalue weighted by molar-refractivity contribution is 7.89. The second-order valence-corrected chi connectivity index (χ2v) is 11.6. The Kier molecular flexibility index (Phi) is 9.78. The molecule has 0 aromatic rings. The molecule has 0 saturated carbocycles. The molecule has 3 heterocycles. The van der Waals surface area contributed by atoms with E-state index in [0.717, 1.165) is 49.7 Å². The largest absolute Gasteiger partial charge is 0.480 e. The molecule has 0 aromatic carbocycles. The highest BCUT2D eigenvalue weighted by Gasteiger charge is 2.40. The molecule has 0 bridgehead atoms. The number of sulfonamides is 1. The molecule has 33 heavy (non-hydrogen) atoms. The van der Waals surface area contributed by atoms with Crippen LogP contribution in [0.4, 0.5) is 4.79 Å². The molecule has 2 amide bonds. The van der Waals surface area contributed by atoms with Gasteiger partial charge in [0.2, 0.25) is 10.0 Å². The normalized spacial score (nSPS) is 26.3. The molecule has 3 aliphatic rings. The van der Waals surface area contributed by atoms with Crippen LogP contribution in [0.25, 0.3) is 0 Å². The first kappa shape index (κ1) is 26.2. The maximum Gasteiger partial charge on any atom is 0.322 e. The van der Waals surface area contributed by atoms with E-state index in [4.69, 9.17) is 4.74 Å². The fourth-order valence-electron chi connectivity index (χ4n) is 4.87. The summed E-state index contributed by atoms with van der Waals surface area (Å²) in [7, 11) is -3.69. The number of likely N-dealkylation sites (tertiary alicyclic amines) is 1. The number of carboxylic acid groups (broad SMARTS) is 1. The Hall–Kier alpha value is -1.43. The lowest BCUT2D eigenvalue weighted by molar-refractivity contribution is -0.142. The minimum atomic E-state index is -3.69. The number of piperidine rings is 3. The number of nitrogens with one attached hydrogen (secondary N) is 2. The van der Waals surface area contributed by atoms with Crippen LogP contribution >= 0.6 is 0 Å². The third kappa shape index (κ3) is 7.53. The number of rotatable bonds is 9. The number of ether oxygens (including phenoxy) is 1. The number of hydrogen-bond acceptors (Lipinski definition) is 6. The second kappa shape index (κ2) is 12.3. The molecule has 11 heteroatoms. The lowest BCUT2D eigenvalue weighted by Gasteiger charge is -2.38. The van der Waals surface area contributed by atoms with Crippen LogP contribution < -0.4 is 10.6 Å². The van der Waals surface area contributed by atoms with Crippen LogP contribution in [0.3, 0.4) is 0 Å². The number of nitrogens with zero attached hydrogens (tertiary/aromatic N) is 2. The van der Waals surface area contributed by atoms with Gasteiger partial charge in [-0.15, -0.1) is 0 Å². The number of amides is 2. The molecule has 0 spiro atoms. The van der Waals surface area contributed by atoms with Crippen molar-refractivity contribution in [3.63, 3.8) is 0 Å². The Morgan fingerprint density at radius 3 is 2.42 bits per heavy atom. The van der Waals surface area contributed by atoms with Crippen molar-refractivity contribution in [2.75, 3.05) is 45.1 Å². The van der Waals surface area contributed by atoms with Gasteiger partial charge in [-0.2, -0.15) is 4.31 Å². The molecule has 2 atom stereocenters. The van der Waals surface area contributed by atoms with Crippen molar-refractivity contribution < 1.29 is 27.9 Å². The van der Waals surface area contributed by atoms with Gasteiger partial charge in [0.25, 0.3) is 0 Å². The van der Waals surface area contributed by atoms with E-state index < -0.39 is 28.1 Å². The third-order valence-corrected chi connectivity index (χ3v) is 8.94. The van der Waals surface area contributed by atoms with E-state index in [-0.39, 0.29) is 30.9 Å². The van der Waals surface area contributed by atoms with Crippen LogP contribution in [0.2, 0.25) is 0 Å². The second-order valence-electron chi connectivity index (χ2n) is 9.53. The fraction of sp³-hybridized carbons (Fsp3) is 0.909. The molecule has 3 fully saturated rings. The van der Waals surface area contributed by atoms with Crippen molar-refractivity contribution in [3.8, 4) is 0 Å². The average molecular weight is 489 g/mol. The van der Waals surface area contributed by atoms with E-state index in [2.05, 4.69) is 10.6 Å². The van der Waals surface area contributed by atoms with Crippen LogP contribution in [-0.2, 0) is 19.6 Å². The number of carbonyl (C=O) groups is 2. The maximum atomic E-state index is 12.8. The molecule has 10 nitrogen and oxygen atoms in total. The van der Waals surface area contributed by atoms with Crippen molar-refractivity contribution in [1.29, 1.82) is 0 Å². The van der Waals surface area contributed by atoms with E-state index in [1.54, 1.807) is 4.90 Å². The van der Waals surface area contributed by atoms with Gasteiger partial charge in [-0.1, -0.05) is 13.3 Å². The van der Waals surface area contributed by atoms with E-state index in [0.29, 0.717) is 38.3 Å². The molecule has 0 unspecified atom stereocenters. The van der Waals surface area contributed by atoms with Crippen LogP contribution in [-0.4, -0.2) is 98.0 Å². The number of unbranched alkanes of at least 4 members (excludes halogenated alkanes) is 1. The Balaban J connectivity index is 1.46. The summed E-state index contributed by atoms with van der Waals surface area (Å²) in [4.78, 5) is 26.2. The summed E-state index contributed by atoms with van der Waals surface area (Å²) in [5.41, 5.74) is 0. The van der Waals surface area contributed by atoms with Gasteiger partial charge in [0.15, 0.2) is 0 Å². The Bertz CT molecular complexity index is 750. The van der Waals surface area contributed by atoms with Crippen molar-refractivity contribution in [2.45, 2.75) is 76.5 Å². The SMILES string of the molecule is CCCCS(=O)(=O)N1C[C@H](NC(=O)N2CCC(OCC3CCNCC3)CC2)CC[C@@H]1C(=O)O. The van der Waals surface area contributed by atoms with Gasteiger partial charge in [-0.3, -0.25) is 4.79 Å². The third-order valence-electron chi connectivity index (χ3n) is 7.02. The Labute approximate surface area is 197 Å². The molecule has 3 N–H and O–H groups in total. The lowest BCUT2D eigenvalue weighted by Crippen LogP contribution is -2.58. The highest BCUT2D eigenvalue weighted by atomic mass is 32.2. The zero-order chi connectivity index (χ0) is 23.8. The smallest absolute Gasteiger partial charge is 0.322 e. The van der Waals surface area contributed by atoms with Crippen molar-refractivity contribution >= 4 is 22.0 Å². The zero-order valence-electron chi connectivity index (χ0n) is 19.7. The summed E-state index contributed by atoms with van der Waals surface area (Å²) in [5, 5.41) is 15.8. The number of hydrogen-bond donors (Lipinski definition) is 3. The molecule has 0 radical (unpaired) electrons. The topological polar surface area (TPSA) is 128 Å². The minimum absolute atomic E-state index is 0.00454. The highest BCUT2D eigenvalue weighted by Crippen LogP contribution is 2.23. The van der Waals surface area contributed by atoms with Crippen molar-refractivity contribution in [3.05, 3.63) is 0 Å². The number of aliphatic carboxylic acids is 1. The summed E-state index contributed by atoms with van der Waals surface area (Å²) < 4.78 is 32.6. The van der Waals surface area contributed by atoms with Crippen LogP contribution in [0, 0.1) is 5.92 Å². The quantitative estimate of drug-likeness (QED) is 0.445. The molecule has 3 rings (SSSR count). The summed E-state index contributed by atoms with van der Waals surface area (Å²) in [5.74, 6) is -0.588. The molecule has 3 aliphatic heterocycles. The number of urea groups is 1. The predicted molar refractivity (Wildman–Crippen MR) is 125 cm³/mol. The molecular formula is C22H40N4O6S. The maximum absolute atomic E-state index is 12.8. The molecule has 190 valence electrons. The summed E-state index contributed by atoms with van der Waals surface area (Å²) in [6, 6.07) is -1.66. The number of carboxylic acids is 1. The number of carbonyl (C=O) groups excluding carboxylic acids is 1. The predicted octanol–water partition coefficient (Wildman–Crippen LogP) is 1.22. The fourth-order valence-corrected chi connectivity index (χ4v) is 6.75. The molecule has 0 aliphatic carbocycles. The van der Waals surface area contributed by atoms with Gasteiger partial charge in [0.1, 0.15) is 6.04 Å². The summed E-state index contributed by atoms with van der Waals surface area (Å²) >= 11 is 0. The van der Waals surface area contributed by atoms with Gasteiger partial charge < -0.3 is 25.4 Å². The molecular weight excluding hydrogens is 448 g/mol. The standard InChI is InChI=1S/C22H40N4O6S/c1-2-3-14-33(30,31)26-15-18(4-5-20(26)21(27)28)24-22(29)25-12-8-19(9-13-25)32-16-17-6-10-23-11-7-17/h17-20,23H,2-16H2,1H3,(H,24,29)(H,27,28)/t18-,20-/m1/s1. The van der Waals surface area contributed by atoms with E-state index in [1.807, 2.05) is 6.92 Å². The van der Waals surface area contributed by atoms with Crippen LogP contribution in [0.15, 0.2) is 0 Å². The Morgan fingerprint density at radius 1 is 1.09 bits per heavy atom. The Morgan fingerprint density at radius 2 is 1.79 bits per heavy atom. The molecule has 0 aromatic heterocycles. The average Bonchev–Trinajstić information content (AvgIpc) is 2.82. The first-order valence-electron chi connectivity index (χ1n) is 12.4. The van der Waals surface area contributed by atoms with Crippen LogP contribution in [0.1, 0.15) is 58.3 Å². The van der Waals surface area contributed by atoms with E-state index in [9.17, 15) is 23.1 Å². The summed E-state index contributed by atoms with van der Waals surface area (Å²) in [6.07, 6.45) is 5.89. The molecule has 3 saturated heterocycles. The van der Waals surface area contributed by atoms with Gasteiger partial charge in [-0.05, 0) is 64.0 Å². The van der Waals surface area contributed by atoms with E-state index >= 15 is 0 Å². The first-order valence-corrected chi connectivity index (χ1v) is 14.0. The minimum Gasteiger partial charge on any atom is -0.480 e. The monoisotopic (exact) mass is 488 g/mol. The van der Waals surface area contributed by atoms with Gasteiger partial charge in [-0.25, -0.2) is 13.2 Å². The van der Waals surface area contributed by atoms with Crippen molar-refractivity contribution in [2.24, 2.45) is 5.92 Å². The zero-order valence-corrected chi connectivity index (χ0v) is 20.5. The van der Waals surface area contributed by atoms with Crippen molar-refractivity contribution in [1.82, 2.24) is 19.8 Å². The van der Waals surface area contributed by atoms with Gasteiger partial charge in [0.05, 0.1) is 11.9 Å². The van der Waals surface area contributed by atoms with E-state index in [1.165, 1.54) is 0 Å². The van der Waals surface area contributed by atoms with Gasteiger partial charge in [0, 0.05) is 32.3 Å². The first-order chi connectivity index (χ1) is 15.8. The summed E-state index contributed by atoms with van der Waals surface area (Å²) in [6.45, 7) is 6.00. The lowest BCUT2D eigenvalue weighted by atomic mass is 9.99.